The van der Waals surface area contributed by atoms with Gasteiger partial charge in [0.15, 0.2) is 16.2 Å². The number of furan rings is 4. The molecule has 2 atom stereocenters. The van der Waals surface area contributed by atoms with E-state index in [-0.39, 0.29) is 33.2 Å². The Morgan fingerprint density at radius 1 is 0.435 bits per heavy atom. The lowest BCUT2D eigenvalue weighted by Gasteiger charge is -2.42. The zero-order valence-electron chi connectivity index (χ0n) is 70.6. The zero-order valence-corrected chi connectivity index (χ0v) is 70.6. The highest BCUT2D eigenvalue weighted by Gasteiger charge is 2.53. The van der Waals surface area contributed by atoms with Crippen molar-refractivity contribution < 1.29 is 26.8 Å². The minimum Gasteiger partial charge on any atom is -0.439 e. The van der Waals surface area contributed by atoms with E-state index >= 15 is 0 Å². The molecule has 0 spiro atoms. The molecule has 3 aromatic carbocycles. The molecule has 13 aromatic rings. The van der Waals surface area contributed by atoms with Crippen molar-refractivity contribution in [1.82, 2.24) is 62.8 Å². The Hall–Kier alpha value is -11.4. The van der Waals surface area contributed by atoms with Crippen LogP contribution >= 0.6 is 0 Å². The third kappa shape index (κ3) is 14.1. The van der Waals surface area contributed by atoms with Crippen molar-refractivity contribution in [3.05, 3.63) is 236 Å². The second-order valence-electron chi connectivity index (χ2n) is 34.7. The van der Waals surface area contributed by atoms with Crippen LogP contribution in [0.2, 0.25) is 0 Å². The van der Waals surface area contributed by atoms with Gasteiger partial charge in [0.2, 0.25) is 34.3 Å². The lowest BCUT2D eigenvalue weighted by Crippen LogP contribution is -2.62. The van der Waals surface area contributed by atoms with Gasteiger partial charge in [0.25, 0.3) is 0 Å². The van der Waals surface area contributed by atoms with Gasteiger partial charge >= 0.3 is 27.7 Å². The van der Waals surface area contributed by atoms with E-state index in [1.165, 1.54) is 62.6 Å². The summed E-state index contributed by atoms with van der Waals surface area (Å²) in [5, 5.41) is 8.77. The van der Waals surface area contributed by atoms with Crippen LogP contribution in [-0.2, 0) is 14.1 Å². The zero-order chi connectivity index (χ0) is 81.0. The van der Waals surface area contributed by atoms with Crippen LogP contribution in [0.15, 0.2) is 189 Å². The number of hydrogen-bond acceptors (Lipinski definition) is 15. The van der Waals surface area contributed by atoms with Crippen LogP contribution in [-0.4, -0.2) is 143 Å². The number of benzene rings is 3. The summed E-state index contributed by atoms with van der Waals surface area (Å²) in [6.07, 6.45) is 30.1. The van der Waals surface area contributed by atoms with E-state index in [2.05, 4.69) is 389 Å². The largest absolute Gasteiger partial charge is 0.439 e. The number of nitrogens with zero attached hydrogens (tertiary/aromatic N) is 15. The fourth-order valence-electron chi connectivity index (χ4n) is 18.4. The predicted octanol–water partition coefficient (Wildman–Crippen LogP) is 9.45. The molecule has 6 aliphatic rings. The van der Waals surface area contributed by atoms with Crippen molar-refractivity contribution in [3.63, 3.8) is 0 Å². The van der Waals surface area contributed by atoms with Crippen LogP contribution in [0.25, 0.3) is 116 Å². The molecule has 0 radical (unpaired) electrons. The quantitative estimate of drug-likeness (QED) is 0.0895. The molecule has 6 aliphatic heterocycles. The van der Waals surface area contributed by atoms with Crippen molar-refractivity contribution in [2.45, 2.75) is 145 Å². The maximum atomic E-state index is 6.07. The average molecular weight is 1530 g/mol. The first kappa shape index (κ1) is 77.5. The monoisotopic (exact) mass is 1530 g/mol. The highest BCUT2D eigenvalue weighted by molar-refractivity contribution is 6.82. The van der Waals surface area contributed by atoms with Gasteiger partial charge in [0, 0.05) is 139 Å². The second-order valence-corrected chi connectivity index (χ2v) is 34.7. The maximum absolute atomic E-state index is 6.07. The number of rotatable bonds is 11. The molecule has 584 valence electrons. The molecule has 0 N–H and O–H groups in total. The molecule has 115 heavy (non-hydrogen) atoms. The van der Waals surface area contributed by atoms with E-state index in [0.29, 0.717) is 58.4 Å². The van der Waals surface area contributed by atoms with E-state index in [4.69, 9.17) is 17.7 Å². The van der Waals surface area contributed by atoms with Crippen molar-refractivity contribution in [2.24, 2.45) is 19.5 Å². The lowest BCUT2D eigenvalue weighted by molar-refractivity contribution is -0.653. The summed E-state index contributed by atoms with van der Waals surface area (Å²) in [5.41, 5.74) is 19.8. The summed E-state index contributed by atoms with van der Waals surface area (Å²) in [6, 6.07) is 38.9. The first-order valence-corrected chi connectivity index (χ1v) is 40.7. The molecule has 10 aromatic heterocycles. The van der Waals surface area contributed by atoms with Crippen molar-refractivity contribution in [1.29, 1.82) is 0 Å². The Bertz CT molecular complexity index is 6420. The lowest BCUT2D eigenvalue weighted by atomic mass is 9.57. The van der Waals surface area contributed by atoms with Gasteiger partial charge < -0.3 is 51.4 Å². The number of fused-ring (bicyclic) bond motifs is 12. The number of aromatic nitrogens is 8. The average Bonchev–Trinajstić information content (AvgIpc) is 1.60. The van der Waals surface area contributed by atoms with E-state index in [1.807, 2.05) is 24.3 Å². The van der Waals surface area contributed by atoms with E-state index in [1.54, 1.807) is 24.8 Å². The molecule has 0 saturated carbocycles. The molecule has 1 unspecified atom stereocenters. The molecule has 16 heterocycles. The first-order chi connectivity index (χ1) is 55.0. The Balaban J connectivity index is 0.000000118. The van der Waals surface area contributed by atoms with Gasteiger partial charge in [-0.05, 0) is 175 Å². The van der Waals surface area contributed by atoms with Crippen LogP contribution in [0, 0.1) is 5.41 Å². The highest BCUT2D eigenvalue weighted by atomic mass is 16.3. The van der Waals surface area contributed by atoms with Crippen LogP contribution in [0.5, 0.6) is 0 Å². The summed E-state index contributed by atoms with van der Waals surface area (Å²) >= 11 is 0. The van der Waals surface area contributed by atoms with E-state index in [9.17, 15) is 0 Å². The van der Waals surface area contributed by atoms with Crippen LogP contribution < -0.4 is 63.1 Å². The molecule has 0 amide bonds. The number of pyridine rings is 4. The van der Waals surface area contributed by atoms with Gasteiger partial charge in [-0.1, -0.05) is 136 Å². The Labute approximate surface area is 675 Å². The molecule has 19 rings (SSSR count). The Kier molecular flexibility index (Phi) is 20.5. The van der Waals surface area contributed by atoms with Gasteiger partial charge in [0.05, 0.1) is 20.3 Å². The summed E-state index contributed by atoms with van der Waals surface area (Å²) < 4.78 is 33.2. The summed E-state index contributed by atoms with van der Waals surface area (Å²) in [4.78, 5) is 33.6. The van der Waals surface area contributed by atoms with Crippen molar-refractivity contribution in [3.8, 4) is 22.5 Å². The molecule has 0 aliphatic carbocycles. The van der Waals surface area contributed by atoms with Crippen LogP contribution in [0.4, 0.5) is 0 Å². The van der Waals surface area contributed by atoms with Gasteiger partial charge in [-0.15, -0.1) is 0 Å². The molecule has 0 bridgehead atoms. The van der Waals surface area contributed by atoms with E-state index in [0.717, 1.165) is 69.8 Å². The fraction of sp³-hybridized carbons (Fsp3) is 0.326. The SMILES string of the molecule is CC(C)c1cc(-c2ccccc2)cc(C(C)C)c1-n1cc[n+](C)c1B1C=c2c(oc3ncccc23)=CN1C.CC(C)c1cccc(C(C)C)c1-n1cc[n+](C)c1B1C=c2c(oc3ncccc23)=CN1C.CC1N(B2C=c3oc4ncccc4c3=CN2C)C(C)(C)CC1(C)C.C[C@H]1N(C)C=CN1B1C=c2c(oc3ncccc23)=CN1C. The molecule has 19 nitrogen and oxygen atoms in total. The topological polar surface area (TPSA) is 144 Å². The van der Waals surface area contributed by atoms with Gasteiger partial charge in [-0.3, -0.25) is 0 Å². The Morgan fingerprint density at radius 2 is 0.852 bits per heavy atom. The number of imidazole rings is 2. The third-order valence-electron chi connectivity index (χ3n) is 24.6. The maximum Gasteiger partial charge on any atom is 0.421 e. The van der Waals surface area contributed by atoms with Crippen LogP contribution in [0.1, 0.15) is 149 Å². The molecular formula is C92H107B4N15O4+2. The smallest absolute Gasteiger partial charge is 0.421 e. The molecule has 1 fully saturated rings. The standard InChI is InChI=1S/C32H34BN4O.C26H30BN4O.C19H26BN3O.C15H17BN4O/c1-21(2)26-17-24(23-11-8-7-9-12-23)18-27(22(3)4)30(26)37-16-15-35(5)32(37)33-19-28-25-13-10-14-34-31(25)38-29(28)20-36(33)6;1-17(2)19-9-7-10-20(18(3)4)24(19)31-14-13-29(5)26(31)27-15-22-21-11-8-12-28-25(21)32-23(22)16-30(27)6;1-13-18(2,3)12-19(4,5)23(13)20-10-16-15(11-22(20)6)14-8-7-9-21-17(14)24-16;1-11-18(2)7-8-20(11)16-9-13-12-5-4-6-17-15(12)21-14(13)10-19(16)3/h7-22H,1-6H3;7-18H,1-6H3;7-11,13H,12H2,1-6H3;4-11H,1-3H3/q2*+1;;/t;;;11-/m...0/s1. The summed E-state index contributed by atoms with van der Waals surface area (Å²) in [7, 11) is 14.8. The van der Waals surface area contributed by atoms with Crippen molar-refractivity contribution in [2.75, 3.05) is 35.2 Å². The van der Waals surface area contributed by atoms with Crippen LogP contribution in [0.3, 0.4) is 0 Å². The minimum absolute atomic E-state index is 0.0253. The van der Waals surface area contributed by atoms with E-state index < -0.39 is 0 Å². The minimum atomic E-state index is 0.0253. The molecule has 1 saturated heterocycles. The van der Waals surface area contributed by atoms with Gasteiger partial charge in [-0.2, -0.15) is 0 Å². The van der Waals surface area contributed by atoms with Gasteiger partial charge in [0.1, 0.15) is 41.6 Å². The predicted molar refractivity (Wildman–Crippen MR) is 470 cm³/mol. The highest BCUT2D eigenvalue weighted by Crippen LogP contribution is 2.47. The fourth-order valence-corrected chi connectivity index (χ4v) is 18.4. The van der Waals surface area contributed by atoms with Gasteiger partial charge in [-0.25, -0.2) is 38.2 Å². The summed E-state index contributed by atoms with van der Waals surface area (Å²) in [6.45, 7) is 32.8. The second kappa shape index (κ2) is 30.4. The summed E-state index contributed by atoms with van der Waals surface area (Å²) in [5.74, 6) is 10.7. The first-order valence-electron chi connectivity index (χ1n) is 40.7. The molecular weight excluding hydrogens is 1420 g/mol. The number of aryl methyl sites for hydroxylation is 2. The third-order valence-corrected chi connectivity index (χ3v) is 24.6. The normalized spacial score (nSPS) is 17.3. The Morgan fingerprint density at radius 3 is 1.28 bits per heavy atom. The number of hydrogen-bond donors (Lipinski definition) is 0. The van der Waals surface area contributed by atoms with Crippen molar-refractivity contribution >= 4 is 132 Å². The number of para-hydroxylation sites is 1. The molecule has 23 heteroatoms.